The number of rotatable bonds is 5. The van der Waals surface area contributed by atoms with Gasteiger partial charge in [-0.2, -0.15) is 0 Å². The summed E-state index contributed by atoms with van der Waals surface area (Å²) in [6.45, 7) is 5.74. The SMILES string of the molecule is Cc1cc(/C(O)=C2/C(=O)C(=O)N(c3ccccc3)C2c2ccc(Cl)cc2)ccc1OC(C)C. The molecule has 1 fully saturated rings. The van der Waals surface area contributed by atoms with E-state index in [1.54, 1.807) is 66.7 Å². The highest BCUT2D eigenvalue weighted by molar-refractivity contribution is 6.51. The molecule has 0 aromatic heterocycles. The van der Waals surface area contributed by atoms with E-state index >= 15 is 0 Å². The Morgan fingerprint density at radius 1 is 1.00 bits per heavy atom. The number of hydrogen-bond acceptors (Lipinski definition) is 4. The molecule has 0 saturated carbocycles. The number of anilines is 1. The lowest BCUT2D eigenvalue weighted by molar-refractivity contribution is -0.132. The van der Waals surface area contributed by atoms with Crippen molar-refractivity contribution in [3.05, 3.63) is 100 Å². The number of aryl methyl sites for hydroxylation is 1. The lowest BCUT2D eigenvalue weighted by Crippen LogP contribution is -2.29. The van der Waals surface area contributed by atoms with Gasteiger partial charge in [0.15, 0.2) is 0 Å². The Hall–Kier alpha value is -3.57. The van der Waals surface area contributed by atoms with Crippen LogP contribution < -0.4 is 9.64 Å². The van der Waals surface area contributed by atoms with E-state index in [1.807, 2.05) is 26.8 Å². The molecule has 1 aliphatic rings. The van der Waals surface area contributed by atoms with Gasteiger partial charge < -0.3 is 9.84 Å². The van der Waals surface area contributed by atoms with Crippen molar-refractivity contribution in [3.8, 4) is 5.75 Å². The molecule has 0 radical (unpaired) electrons. The lowest BCUT2D eigenvalue weighted by atomic mass is 9.94. The predicted molar refractivity (Wildman–Crippen MR) is 130 cm³/mol. The van der Waals surface area contributed by atoms with Crippen LogP contribution in [0.2, 0.25) is 5.02 Å². The van der Waals surface area contributed by atoms with E-state index in [2.05, 4.69) is 0 Å². The number of halogens is 1. The number of carbonyl (C=O) groups excluding carboxylic acids is 2. The number of aliphatic hydroxyl groups is 1. The predicted octanol–water partition coefficient (Wildman–Crippen LogP) is 6.06. The van der Waals surface area contributed by atoms with Gasteiger partial charge in [0.1, 0.15) is 11.5 Å². The molecule has 4 rings (SSSR count). The van der Waals surface area contributed by atoms with Gasteiger partial charge in [-0.25, -0.2) is 0 Å². The molecule has 1 saturated heterocycles. The monoisotopic (exact) mass is 461 g/mol. The van der Waals surface area contributed by atoms with Gasteiger partial charge in [-0.3, -0.25) is 14.5 Å². The summed E-state index contributed by atoms with van der Waals surface area (Å²) in [5, 5.41) is 11.8. The Morgan fingerprint density at radius 2 is 1.67 bits per heavy atom. The number of ether oxygens (including phenoxy) is 1. The molecule has 0 spiro atoms. The number of hydrogen-bond donors (Lipinski definition) is 1. The van der Waals surface area contributed by atoms with Gasteiger partial charge in [0.05, 0.1) is 17.7 Å². The topological polar surface area (TPSA) is 66.8 Å². The van der Waals surface area contributed by atoms with Crippen molar-refractivity contribution in [2.45, 2.75) is 32.9 Å². The Bertz CT molecular complexity index is 1230. The maximum Gasteiger partial charge on any atom is 0.300 e. The van der Waals surface area contributed by atoms with Crippen LogP contribution in [0.1, 0.15) is 36.6 Å². The normalized spacial score (nSPS) is 17.6. The van der Waals surface area contributed by atoms with Gasteiger partial charge in [-0.1, -0.05) is 41.9 Å². The Kier molecular flexibility index (Phi) is 6.25. The second-order valence-corrected chi connectivity index (χ2v) is 8.64. The molecule has 1 aliphatic heterocycles. The zero-order valence-corrected chi connectivity index (χ0v) is 19.3. The van der Waals surface area contributed by atoms with Crippen LogP contribution in [0.4, 0.5) is 5.69 Å². The summed E-state index contributed by atoms with van der Waals surface area (Å²) in [5.41, 5.74) is 2.51. The molecule has 5 nitrogen and oxygen atoms in total. The van der Waals surface area contributed by atoms with Crippen molar-refractivity contribution in [3.63, 3.8) is 0 Å². The van der Waals surface area contributed by atoms with Crippen molar-refractivity contribution in [1.82, 2.24) is 0 Å². The number of nitrogens with zero attached hydrogens (tertiary/aromatic N) is 1. The quantitative estimate of drug-likeness (QED) is 0.285. The van der Waals surface area contributed by atoms with Crippen LogP contribution in [0, 0.1) is 6.92 Å². The molecule has 1 heterocycles. The first-order chi connectivity index (χ1) is 15.8. The molecule has 1 N–H and O–H groups in total. The van der Waals surface area contributed by atoms with Gasteiger partial charge in [0.2, 0.25) is 0 Å². The molecule has 33 heavy (non-hydrogen) atoms. The second kappa shape index (κ2) is 9.12. The van der Waals surface area contributed by atoms with E-state index in [0.29, 0.717) is 27.6 Å². The van der Waals surface area contributed by atoms with Crippen molar-refractivity contribution in [2.75, 3.05) is 4.90 Å². The fourth-order valence-corrected chi connectivity index (χ4v) is 4.11. The average molecular weight is 462 g/mol. The van der Waals surface area contributed by atoms with Crippen molar-refractivity contribution in [1.29, 1.82) is 0 Å². The van der Waals surface area contributed by atoms with Crippen LogP contribution in [0.5, 0.6) is 5.75 Å². The van der Waals surface area contributed by atoms with Crippen LogP contribution in [-0.4, -0.2) is 22.9 Å². The summed E-state index contributed by atoms with van der Waals surface area (Å²) in [5.74, 6) is -0.970. The van der Waals surface area contributed by atoms with Crippen LogP contribution in [0.15, 0.2) is 78.4 Å². The van der Waals surface area contributed by atoms with Crippen LogP contribution in [0.3, 0.4) is 0 Å². The first-order valence-corrected chi connectivity index (χ1v) is 11.0. The van der Waals surface area contributed by atoms with Crippen molar-refractivity contribution >= 4 is 34.7 Å². The number of aliphatic hydroxyl groups excluding tert-OH is 1. The van der Waals surface area contributed by atoms with E-state index in [1.165, 1.54) is 4.90 Å². The van der Waals surface area contributed by atoms with Gasteiger partial charge >= 0.3 is 0 Å². The molecule has 0 bridgehead atoms. The number of para-hydroxylation sites is 1. The number of amides is 1. The third-order valence-electron chi connectivity index (χ3n) is 5.48. The Balaban J connectivity index is 1.88. The maximum atomic E-state index is 13.2. The summed E-state index contributed by atoms with van der Waals surface area (Å²) in [4.78, 5) is 27.7. The zero-order chi connectivity index (χ0) is 23.7. The van der Waals surface area contributed by atoms with Crippen molar-refractivity contribution in [2.24, 2.45) is 0 Å². The fraction of sp³-hybridized carbons (Fsp3) is 0.185. The van der Waals surface area contributed by atoms with E-state index in [-0.39, 0.29) is 17.4 Å². The Morgan fingerprint density at radius 3 is 2.27 bits per heavy atom. The molecular formula is C27H24ClNO4. The minimum Gasteiger partial charge on any atom is -0.507 e. The molecule has 3 aromatic carbocycles. The molecular weight excluding hydrogens is 438 g/mol. The minimum absolute atomic E-state index is 0.00393. The first-order valence-electron chi connectivity index (χ1n) is 10.7. The van der Waals surface area contributed by atoms with E-state index in [9.17, 15) is 14.7 Å². The van der Waals surface area contributed by atoms with Gasteiger partial charge in [0, 0.05) is 16.3 Å². The summed E-state index contributed by atoms with van der Waals surface area (Å²) in [6, 6.07) is 20.3. The smallest absolute Gasteiger partial charge is 0.300 e. The molecule has 6 heteroatoms. The van der Waals surface area contributed by atoms with Gasteiger partial charge in [0.25, 0.3) is 11.7 Å². The van der Waals surface area contributed by atoms with Crippen LogP contribution >= 0.6 is 11.6 Å². The minimum atomic E-state index is -0.795. The van der Waals surface area contributed by atoms with Gasteiger partial charge in [-0.05, 0) is 74.4 Å². The second-order valence-electron chi connectivity index (χ2n) is 8.20. The van der Waals surface area contributed by atoms with Crippen molar-refractivity contribution < 1.29 is 19.4 Å². The van der Waals surface area contributed by atoms with E-state index in [0.717, 1.165) is 5.56 Å². The zero-order valence-electron chi connectivity index (χ0n) is 18.6. The third-order valence-corrected chi connectivity index (χ3v) is 5.73. The van der Waals surface area contributed by atoms with Crippen LogP contribution in [0.25, 0.3) is 5.76 Å². The number of benzene rings is 3. The molecule has 168 valence electrons. The molecule has 1 unspecified atom stereocenters. The average Bonchev–Trinajstić information content (AvgIpc) is 3.06. The maximum absolute atomic E-state index is 13.2. The summed E-state index contributed by atoms with van der Waals surface area (Å²) in [6.07, 6.45) is 0.00393. The van der Waals surface area contributed by atoms with E-state index < -0.39 is 17.7 Å². The molecule has 1 atom stereocenters. The standard InChI is InChI=1S/C27H24ClNO4/c1-16(2)33-22-14-11-19(15-17(22)3)25(30)23-24(18-9-12-20(28)13-10-18)29(27(32)26(23)31)21-7-5-4-6-8-21/h4-16,24,30H,1-3H3/b25-23-. The first kappa shape index (κ1) is 22.6. The number of ketones is 1. The highest BCUT2D eigenvalue weighted by Crippen LogP contribution is 2.42. The summed E-state index contributed by atoms with van der Waals surface area (Å²) < 4.78 is 5.78. The van der Waals surface area contributed by atoms with Crippen LogP contribution in [-0.2, 0) is 9.59 Å². The molecule has 0 aliphatic carbocycles. The largest absolute Gasteiger partial charge is 0.507 e. The number of Topliss-reactive ketones (excluding diaryl/α,β-unsaturated/α-hetero) is 1. The molecule has 1 amide bonds. The number of carbonyl (C=O) groups is 2. The third kappa shape index (κ3) is 4.37. The Labute approximate surface area is 197 Å². The highest BCUT2D eigenvalue weighted by Gasteiger charge is 2.46. The van der Waals surface area contributed by atoms with Gasteiger partial charge in [-0.15, -0.1) is 0 Å². The summed E-state index contributed by atoms with van der Waals surface area (Å²) in [7, 11) is 0. The summed E-state index contributed by atoms with van der Waals surface area (Å²) >= 11 is 6.07. The fourth-order valence-electron chi connectivity index (χ4n) is 3.99. The molecule has 3 aromatic rings. The lowest BCUT2D eigenvalue weighted by Gasteiger charge is -2.25. The van der Waals surface area contributed by atoms with E-state index in [4.69, 9.17) is 16.3 Å². The highest BCUT2D eigenvalue weighted by atomic mass is 35.5.